The minimum Gasteiger partial charge on any atom is -0.364 e. The highest BCUT2D eigenvalue weighted by atomic mass is 16.2. The molecule has 0 aliphatic carbocycles. The van der Waals surface area contributed by atoms with E-state index in [4.69, 9.17) is 0 Å². The Hall–Kier alpha value is -2.85. The number of H-pyrrole nitrogens is 1. The van der Waals surface area contributed by atoms with Gasteiger partial charge in [0.05, 0.1) is 18.6 Å². The van der Waals surface area contributed by atoms with Gasteiger partial charge >= 0.3 is 0 Å². The normalized spacial score (nSPS) is 18.1. The molecule has 1 aromatic heterocycles. The van der Waals surface area contributed by atoms with E-state index in [1.807, 2.05) is 48.7 Å². The van der Waals surface area contributed by atoms with Gasteiger partial charge in [0.25, 0.3) is 0 Å². The van der Waals surface area contributed by atoms with Crippen molar-refractivity contribution in [2.75, 3.05) is 13.1 Å². The maximum absolute atomic E-state index is 12.9. The summed E-state index contributed by atoms with van der Waals surface area (Å²) in [6, 6.07) is 25.0. The molecule has 0 bridgehead atoms. The lowest BCUT2D eigenvalue weighted by atomic mass is 9.99. The summed E-state index contributed by atoms with van der Waals surface area (Å²) in [5.74, 6) is 0.0863. The topological polar surface area (TPSA) is 48.1 Å². The molecule has 2 heterocycles. The number of carbonyl (C=O) groups is 1. The van der Waals surface area contributed by atoms with Crippen molar-refractivity contribution in [3.8, 4) is 0 Å². The van der Waals surface area contributed by atoms with Gasteiger partial charge in [0, 0.05) is 11.9 Å². The van der Waals surface area contributed by atoms with Gasteiger partial charge in [-0.15, -0.1) is 0 Å². The van der Waals surface area contributed by atoms with Gasteiger partial charge in [-0.1, -0.05) is 60.7 Å². The summed E-state index contributed by atoms with van der Waals surface area (Å²) >= 11 is 0. The van der Waals surface area contributed by atoms with Crippen LogP contribution in [0.4, 0.5) is 0 Å². The first-order valence-corrected chi connectivity index (χ1v) is 10.0. The Morgan fingerprint density at radius 3 is 2.50 bits per heavy atom. The summed E-state index contributed by atoms with van der Waals surface area (Å²) in [7, 11) is 0. The SMILES string of the molecule is O=C(CN1CCCC1c1ccc[nH]1)NC(Cc1ccccc1)c1ccccc1. The monoisotopic (exact) mass is 373 g/mol. The molecule has 1 saturated heterocycles. The Bertz CT molecular complexity index is 861. The van der Waals surface area contributed by atoms with E-state index in [2.05, 4.69) is 45.5 Å². The summed E-state index contributed by atoms with van der Waals surface area (Å²) in [6.45, 7) is 1.40. The van der Waals surface area contributed by atoms with E-state index in [0.717, 1.165) is 31.4 Å². The molecule has 2 N–H and O–H groups in total. The largest absolute Gasteiger partial charge is 0.364 e. The third kappa shape index (κ3) is 4.52. The third-order valence-corrected chi connectivity index (χ3v) is 5.51. The average Bonchev–Trinajstić information content (AvgIpc) is 3.40. The van der Waals surface area contributed by atoms with Crippen LogP contribution in [-0.4, -0.2) is 28.9 Å². The highest BCUT2D eigenvalue weighted by Crippen LogP contribution is 2.30. The Balaban J connectivity index is 1.44. The van der Waals surface area contributed by atoms with Crippen molar-refractivity contribution < 1.29 is 4.79 Å². The standard InChI is InChI=1S/C24H27N3O/c28-24(18-27-16-8-14-23(27)21-13-7-15-25-21)26-22(20-11-5-2-6-12-20)17-19-9-3-1-4-10-19/h1-7,9-13,15,22-23,25H,8,14,16-18H2,(H,26,28). The smallest absolute Gasteiger partial charge is 0.234 e. The molecular weight excluding hydrogens is 346 g/mol. The summed E-state index contributed by atoms with van der Waals surface area (Å²) in [4.78, 5) is 18.5. The summed E-state index contributed by atoms with van der Waals surface area (Å²) in [5, 5.41) is 3.28. The van der Waals surface area contributed by atoms with Crippen LogP contribution >= 0.6 is 0 Å². The van der Waals surface area contributed by atoms with E-state index in [1.54, 1.807) is 0 Å². The first kappa shape index (κ1) is 18.5. The number of benzene rings is 2. The van der Waals surface area contributed by atoms with E-state index >= 15 is 0 Å². The molecule has 1 aliphatic heterocycles. The van der Waals surface area contributed by atoms with E-state index in [-0.39, 0.29) is 11.9 Å². The number of nitrogens with one attached hydrogen (secondary N) is 2. The number of hydrogen-bond acceptors (Lipinski definition) is 2. The maximum Gasteiger partial charge on any atom is 0.234 e. The number of aromatic nitrogens is 1. The van der Waals surface area contributed by atoms with Gasteiger partial charge in [0.15, 0.2) is 0 Å². The van der Waals surface area contributed by atoms with Crippen LogP contribution in [-0.2, 0) is 11.2 Å². The molecule has 28 heavy (non-hydrogen) atoms. The van der Waals surface area contributed by atoms with Crippen LogP contribution in [0.3, 0.4) is 0 Å². The molecule has 0 saturated carbocycles. The number of nitrogens with zero attached hydrogens (tertiary/aromatic N) is 1. The molecule has 1 fully saturated rings. The second-order valence-corrected chi connectivity index (χ2v) is 7.47. The highest BCUT2D eigenvalue weighted by molar-refractivity contribution is 5.78. The Kier molecular flexibility index (Phi) is 5.88. The zero-order valence-electron chi connectivity index (χ0n) is 16.1. The number of amides is 1. The number of likely N-dealkylation sites (tertiary alicyclic amines) is 1. The minimum absolute atomic E-state index is 0.0253. The number of aromatic amines is 1. The van der Waals surface area contributed by atoms with E-state index < -0.39 is 0 Å². The van der Waals surface area contributed by atoms with Crippen molar-refractivity contribution in [3.63, 3.8) is 0 Å². The first-order chi connectivity index (χ1) is 13.8. The van der Waals surface area contributed by atoms with Crippen molar-refractivity contribution in [3.05, 3.63) is 95.8 Å². The summed E-state index contributed by atoms with van der Waals surface area (Å²) < 4.78 is 0. The predicted molar refractivity (Wildman–Crippen MR) is 112 cm³/mol. The Labute approximate surface area is 166 Å². The third-order valence-electron chi connectivity index (χ3n) is 5.51. The lowest BCUT2D eigenvalue weighted by molar-refractivity contribution is -0.123. The second-order valence-electron chi connectivity index (χ2n) is 7.47. The van der Waals surface area contributed by atoms with Crippen molar-refractivity contribution >= 4 is 5.91 Å². The molecule has 2 atom stereocenters. The second kappa shape index (κ2) is 8.89. The van der Waals surface area contributed by atoms with Crippen LogP contribution in [0.5, 0.6) is 0 Å². The van der Waals surface area contributed by atoms with Crippen molar-refractivity contribution in [1.82, 2.24) is 15.2 Å². The lowest BCUT2D eigenvalue weighted by Crippen LogP contribution is -2.39. The molecule has 2 aromatic carbocycles. The number of rotatable bonds is 7. The van der Waals surface area contributed by atoms with Crippen LogP contribution in [0.1, 0.15) is 41.7 Å². The fourth-order valence-electron chi connectivity index (χ4n) is 4.13. The highest BCUT2D eigenvalue weighted by Gasteiger charge is 2.28. The van der Waals surface area contributed by atoms with Gasteiger partial charge in [-0.2, -0.15) is 0 Å². The van der Waals surface area contributed by atoms with Crippen LogP contribution in [0.25, 0.3) is 0 Å². The fraction of sp³-hybridized carbons (Fsp3) is 0.292. The van der Waals surface area contributed by atoms with Gasteiger partial charge in [-0.05, 0) is 49.1 Å². The molecule has 4 rings (SSSR count). The van der Waals surface area contributed by atoms with Crippen LogP contribution in [0.15, 0.2) is 79.0 Å². The van der Waals surface area contributed by atoms with Crippen LogP contribution < -0.4 is 5.32 Å². The Morgan fingerprint density at radius 2 is 1.79 bits per heavy atom. The van der Waals surface area contributed by atoms with Crippen LogP contribution in [0.2, 0.25) is 0 Å². The molecule has 2 unspecified atom stereocenters. The van der Waals surface area contributed by atoms with Gasteiger partial charge in [0.2, 0.25) is 5.91 Å². The maximum atomic E-state index is 12.9. The van der Waals surface area contributed by atoms with Gasteiger partial charge in [-0.3, -0.25) is 9.69 Å². The van der Waals surface area contributed by atoms with Gasteiger partial charge in [-0.25, -0.2) is 0 Å². The lowest BCUT2D eigenvalue weighted by Gasteiger charge is -2.25. The molecule has 0 spiro atoms. The first-order valence-electron chi connectivity index (χ1n) is 10.0. The molecule has 144 valence electrons. The van der Waals surface area contributed by atoms with E-state index in [1.165, 1.54) is 11.3 Å². The molecule has 1 aliphatic rings. The van der Waals surface area contributed by atoms with Crippen molar-refractivity contribution in [1.29, 1.82) is 0 Å². The summed E-state index contributed by atoms with van der Waals surface area (Å²) in [5.41, 5.74) is 3.57. The minimum atomic E-state index is -0.0253. The average molecular weight is 374 g/mol. The van der Waals surface area contributed by atoms with Crippen molar-refractivity contribution in [2.24, 2.45) is 0 Å². The number of hydrogen-bond donors (Lipinski definition) is 2. The zero-order chi connectivity index (χ0) is 19.2. The predicted octanol–water partition coefficient (Wildman–Crippen LogP) is 4.25. The van der Waals surface area contributed by atoms with Gasteiger partial charge < -0.3 is 10.3 Å². The fourth-order valence-corrected chi connectivity index (χ4v) is 4.13. The van der Waals surface area contributed by atoms with E-state index in [0.29, 0.717) is 12.6 Å². The van der Waals surface area contributed by atoms with E-state index in [9.17, 15) is 4.79 Å². The molecule has 1 amide bonds. The summed E-state index contributed by atoms with van der Waals surface area (Å²) in [6.07, 6.45) is 4.97. The quantitative estimate of drug-likeness (QED) is 0.650. The van der Waals surface area contributed by atoms with Crippen LogP contribution in [0, 0.1) is 0 Å². The zero-order valence-corrected chi connectivity index (χ0v) is 16.1. The molecule has 4 nitrogen and oxygen atoms in total. The molecular formula is C24H27N3O. The molecule has 4 heteroatoms. The van der Waals surface area contributed by atoms with Crippen molar-refractivity contribution in [2.45, 2.75) is 31.3 Å². The Morgan fingerprint density at radius 1 is 1.04 bits per heavy atom. The number of carbonyl (C=O) groups excluding carboxylic acids is 1. The molecule has 3 aromatic rings. The molecule has 0 radical (unpaired) electrons. The van der Waals surface area contributed by atoms with Gasteiger partial charge in [0.1, 0.15) is 0 Å².